The van der Waals surface area contributed by atoms with E-state index < -0.39 is 10.0 Å². The van der Waals surface area contributed by atoms with Crippen molar-refractivity contribution in [1.29, 1.82) is 0 Å². The van der Waals surface area contributed by atoms with E-state index in [9.17, 15) is 8.42 Å². The van der Waals surface area contributed by atoms with Crippen molar-refractivity contribution in [1.82, 2.24) is 9.29 Å². The molecule has 118 valence electrons. The summed E-state index contributed by atoms with van der Waals surface area (Å²) in [6.45, 7) is 3.21. The summed E-state index contributed by atoms with van der Waals surface area (Å²) in [6.07, 6.45) is 4.43. The highest BCUT2D eigenvalue weighted by molar-refractivity contribution is 7.89. The molecule has 0 unspecified atom stereocenters. The Labute approximate surface area is 135 Å². The van der Waals surface area contributed by atoms with E-state index in [0.717, 1.165) is 29.8 Å². The minimum Gasteiger partial charge on any atom is -0.249 e. The van der Waals surface area contributed by atoms with Crippen LogP contribution < -0.4 is 0 Å². The molecule has 1 aromatic heterocycles. The number of thiazole rings is 1. The maximum absolute atomic E-state index is 12.7. The predicted molar refractivity (Wildman–Crippen MR) is 88.7 cm³/mol. The molecule has 2 aromatic rings. The largest absolute Gasteiger partial charge is 0.249 e. The first kappa shape index (κ1) is 15.6. The summed E-state index contributed by atoms with van der Waals surface area (Å²) in [4.78, 5) is 4.76. The smallest absolute Gasteiger partial charge is 0.243 e. The van der Waals surface area contributed by atoms with Gasteiger partial charge in [-0.2, -0.15) is 4.31 Å². The van der Waals surface area contributed by atoms with E-state index in [1.807, 2.05) is 23.7 Å². The molecule has 4 nitrogen and oxygen atoms in total. The third kappa shape index (κ3) is 3.09. The van der Waals surface area contributed by atoms with Gasteiger partial charge in [-0.15, -0.1) is 11.3 Å². The minimum absolute atomic E-state index is 0.397. The summed E-state index contributed by atoms with van der Waals surface area (Å²) in [5.74, 6) is 0.397. The van der Waals surface area contributed by atoms with E-state index >= 15 is 0 Å². The topological polar surface area (TPSA) is 50.3 Å². The highest BCUT2D eigenvalue weighted by atomic mass is 32.2. The molecule has 0 N–H and O–H groups in total. The second-order valence-electron chi connectivity index (χ2n) is 5.55. The van der Waals surface area contributed by atoms with Gasteiger partial charge in [-0.1, -0.05) is 19.1 Å². The summed E-state index contributed by atoms with van der Waals surface area (Å²) in [6, 6.07) is 7.24. The van der Waals surface area contributed by atoms with Crippen LogP contribution in [0.5, 0.6) is 0 Å². The van der Waals surface area contributed by atoms with Crippen LogP contribution >= 0.6 is 11.3 Å². The summed E-state index contributed by atoms with van der Waals surface area (Å²) in [5.41, 5.74) is 1.15. The predicted octanol–water partition coefficient (Wildman–Crippen LogP) is 3.27. The molecule has 22 heavy (non-hydrogen) atoms. The Bertz CT molecular complexity index is 701. The van der Waals surface area contributed by atoms with E-state index in [1.165, 1.54) is 0 Å². The molecule has 1 fully saturated rings. The van der Waals surface area contributed by atoms with Crippen LogP contribution in [0.3, 0.4) is 0 Å². The standard InChI is InChI=1S/C16H20N2O2S2/c1-2-13-3-5-15(6-4-13)22(19,20)18-10-7-14(8-11-18)16-17-9-12-21-16/h3-6,9,12,14H,2,7-8,10-11H2,1H3. The third-order valence-corrected chi connectivity index (χ3v) is 7.07. The Morgan fingerprint density at radius 2 is 1.91 bits per heavy atom. The molecule has 0 radical (unpaired) electrons. The maximum Gasteiger partial charge on any atom is 0.243 e. The highest BCUT2D eigenvalue weighted by Crippen LogP contribution is 2.31. The van der Waals surface area contributed by atoms with Crippen molar-refractivity contribution < 1.29 is 8.42 Å². The number of hydrogen-bond acceptors (Lipinski definition) is 4. The molecule has 0 aliphatic carbocycles. The van der Waals surface area contributed by atoms with Crippen LogP contribution in [0.15, 0.2) is 40.7 Å². The van der Waals surface area contributed by atoms with Crippen molar-refractivity contribution in [3.8, 4) is 0 Å². The van der Waals surface area contributed by atoms with Crippen LogP contribution in [-0.2, 0) is 16.4 Å². The zero-order valence-electron chi connectivity index (χ0n) is 12.6. The molecule has 0 bridgehead atoms. The normalized spacial score (nSPS) is 17.7. The fraction of sp³-hybridized carbons (Fsp3) is 0.438. The Morgan fingerprint density at radius 3 is 2.45 bits per heavy atom. The molecule has 3 rings (SSSR count). The Morgan fingerprint density at radius 1 is 1.23 bits per heavy atom. The quantitative estimate of drug-likeness (QED) is 0.861. The van der Waals surface area contributed by atoms with Crippen LogP contribution in [-0.4, -0.2) is 30.8 Å². The second kappa shape index (κ2) is 6.48. The molecule has 0 atom stereocenters. The van der Waals surface area contributed by atoms with Crippen molar-refractivity contribution in [3.63, 3.8) is 0 Å². The van der Waals surface area contributed by atoms with Crippen LogP contribution in [0.2, 0.25) is 0 Å². The van der Waals surface area contributed by atoms with Gasteiger partial charge in [0.15, 0.2) is 0 Å². The molecule has 1 aliphatic rings. The van der Waals surface area contributed by atoms with Gasteiger partial charge in [0.1, 0.15) is 0 Å². The number of nitrogens with zero attached hydrogens (tertiary/aromatic N) is 2. The van der Waals surface area contributed by atoms with Crippen molar-refractivity contribution in [2.24, 2.45) is 0 Å². The van der Waals surface area contributed by atoms with Gasteiger partial charge >= 0.3 is 0 Å². The van der Waals surface area contributed by atoms with Crippen LogP contribution in [0.25, 0.3) is 0 Å². The van der Waals surface area contributed by atoms with Gasteiger partial charge < -0.3 is 0 Å². The first-order chi connectivity index (χ1) is 10.6. The minimum atomic E-state index is -3.36. The van der Waals surface area contributed by atoms with E-state index in [4.69, 9.17) is 0 Å². The molecule has 6 heteroatoms. The first-order valence-corrected chi connectivity index (χ1v) is 9.91. The number of piperidine rings is 1. The van der Waals surface area contributed by atoms with Crippen molar-refractivity contribution >= 4 is 21.4 Å². The van der Waals surface area contributed by atoms with Gasteiger partial charge in [0, 0.05) is 30.6 Å². The average Bonchev–Trinajstić information content (AvgIpc) is 3.09. The summed E-state index contributed by atoms with van der Waals surface area (Å²) in [7, 11) is -3.36. The number of benzene rings is 1. The van der Waals surface area contributed by atoms with Crippen LogP contribution in [0.1, 0.15) is 36.3 Å². The third-order valence-electron chi connectivity index (χ3n) is 4.22. The number of hydrogen-bond donors (Lipinski definition) is 0. The fourth-order valence-corrected chi connectivity index (χ4v) is 5.11. The molecule has 2 heterocycles. The van der Waals surface area contributed by atoms with Gasteiger partial charge in [-0.05, 0) is 37.0 Å². The second-order valence-corrected chi connectivity index (χ2v) is 8.41. The Hall–Kier alpha value is -1.24. The first-order valence-electron chi connectivity index (χ1n) is 7.59. The number of sulfonamides is 1. The number of rotatable bonds is 4. The maximum atomic E-state index is 12.7. The SMILES string of the molecule is CCc1ccc(S(=O)(=O)N2CCC(c3nccs3)CC2)cc1. The van der Waals surface area contributed by atoms with Crippen molar-refractivity contribution in [2.45, 2.75) is 37.0 Å². The monoisotopic (exact) mass is 336 g/mol. The van der Waals surface area contributed by atoms with E-state index in [-0.39, 0.29) is 0 Å². The molecular formula is C16H20N2O2S2. The fourth-order valence-electron chi connectivity index (χ4n) is 2.83. The van der Waals surface area contributed by atoms with Crippen LogP contribution in [0, 0.1) is 0 Å². The van der Waals surface area contributed by atoms with Crippen molar-refractivity contribution in [2.75, 3.05) is 13.1 Å². The van der Waals surface area contributed by atoms with E-state index in [1.54, 1.807) is 27.8 Å². The Balaban J connectivity index is 1.71. The summed E-state index contributed by atoms with van der Waals surface area (Å²) >= 11 is 1.66. The summed E-state index contributed by atoms with van der Waals surface area (Å²) < 4.78 is 27.0. The molecule has 0 saturated carbocycles. The molecule has 0 amide bonds. The lowest BCUT2D eigenvalue weighted by Gasteiger charge is -2.30. The Kier molecular flexibility index (Phi) is 4.61. The molecule has 1 aromatic carbocycles. The molecule has 1 aliphatic heterocycles. The average molecular weight is 336 g/mol. The molecular weight excluding hydrogens is 316 g/mol. The zero-order chi connectivity index (χ0) is 15.6. The zero-order valence-corrected chi connectivity index (χ0v) is 14.2. The number of aryl methyl sites for hydroxylation is 1. The van der Waals surface area contributed by atoms with Gasteiger partial charge in [-0.25, -0.2) is 13.4 Å². The van der Waals surface area contributed by atoms with Gasteiger partial charge in [0.05, 0.1) is 9.90 Å². The lowest BCUT2D eigenvalue weighted by Crippen LogP contribution is -2.37. The molecule has 0 spiro atoms. The van der Waals surface area contributed by atoms with E-state index in [2.05, 4.69) is 11.9 Å². The lowest BCUT2D eigenvalue weighted by atomic mass is 9.99. The number of aromatic nitrogens is 1. The van der Waals surface area contributed by atoms with Gasteiger partial charge in [0.2, 0.25) is 10.0 Å². The highest BCUT2D eigenvalue weighted by Gasteiger charge is 2.30. The molecule has 1 saturated heterocycles. The van der Waals surface area contributed by atoms with Crippen molar-refractivity contribution in [3.05, 3.63) is 46.4 Å². The lowest BCUT2D eigenvalue weighted by molar-refractivity contribution is 0.319. The van der Waals surface area contributed by atoms with Gasteiger partial charge in [0.25, 0.3) is 0 Å². The van der Waals surface area contributed by atoms with Gasteiger partial charge in [-0.3, -0.25) is 0 Å². The van der Waals surface area contributed by atoms with E-state index in [0.29, 0.717) is 23.9 Å². The summed E-state index contributed by atoms with van der Waals surface area (Å²) in [5, 5.41) is 3.11. The van der Waals surface area contributed by atoms with Crippen LogP contribution in [0.4, 0.5) is 0 Å².